The number of hydrogen-bond acceptors (Lipinski definition) is 3. The van der Waals surface area contributed by atoms with Gasteiger partial charge >= 0.3 is 0 Å². The van der Waals surface area contributed by atoms with E-state index in [1.165, 1.54) is 5.56 Å². The highest BCUT2D eigenvalue weighted by Gasteiger charge is 2.08. The van der Waals surface area contributed by atoms with Gasteiger partial charge in [-0.25, -0.2) is 0 Å². The van der Waals surface area contributed by atoms with Crippen LogP contribution in [0.2, 0.25) is 0 Å². The van der Waals surface area contributed by atoms with Gasteiger partial charge in [0.1, 0.15) is 5.75 Å². The lowest BCUT2D eigenvalue weighted by Crippen LogP contribution is -2.29. The summed E-state index contributed by atoms with van der Waals surface area (Å²) in [6.07, 6.45) is 0.197. The highest BCUT2D eigenvalue weighted by atomic mass is 16.5. The first kappa shape index (κ1) is 14.7. The fraction of sp³-hybridized carbons (Fsp3) is 0.467. The number of rotatable bonds is 7. The average molecular weight is 248 g/mol. The molecule has 1 aromatic rings. The minimum atomic E-state index is 0.162. The quantitative estimate of drug-likeness (QED) is 0.729. The Morgan fingerprint density at radius 1 is 1.33 bits per heavy atom. The van der Waals surface area contributed by atoms with Crippen LogP contribution in [0.1, 0.15) is 32.4 Å². The van der Waals surface area contributed by atoms with Crippen LogP contribution in [0.25, 0.3) is 0 Å². The molecule has 3 heteroatoms. The molecule has 18 heavy (non-hydrogen) atoms. The Morgan fingerprint density at radius 3 is 2.39 bits per heavy atom. The summed E-state index contributed by atoms with van der Waals surface area (Å²) < 4.78 is 5.61. The molecule has 0 fully saturated rings. The second kappa shape index (κ2) is 7.19. The SMILES string of the molecule is C=C(C)CNC(CN)c1ccc(OC(C)C)cc1. The van der Waals surface area contributed by atoms with Crippen molar-refractivity contribution in [1.29, 1.82) is 0 Å². The Bertz CT molecular complexity index is 371. The summed E-state index contributed by atoms with van der Waals surface area (Å²) in [6.45, 7) is 11.3. The van der Waals surface area contributed by atoms with Gasteiger partial charge in [0.15, 0.2) is 0 Å². The maximum Gasteiger partial charge on any atom is 0.119 e. The van der Waals surface area contributed by atoms with Crippen LogP contribution in [0.5, 0.6) is 5.75 Å². The van der Waals surface area contributed by atoms with Crippen molar-refractivity contribution >= 4 is 0 Å². The minimum Gasteiger partial charge on any atom is -0.491 e. The van der Waals surface area contributed by atoms with Crippen LogP contribution in [0.15, 0.2) is 36.4 Å². The van der Waals surface area contributed by atoms with Crippen LogP contribution in [0.4, 0.5) is 0 Å². The van der Waals surface area contributed by atoms with Gasteiger partial charge in [0, 0.05) is 19.1 Å². The summed E-state index contributed by atoms with van der Waals surface area (Å²) in [5.41, 5.74) is 8.07. The molecule has 1 aromatic carbocycles. The molecule has 0 aliphatic carbocycles. The Kier molecular flexibility index (Phi) is 5.89. The van der Waals surface area contributed by atoms with Crippen molar-refractivity contribution in [3.8, 4) is 5.75 Å². The van der Waals surface area contributed by atoms with Crippen LogP contribution in [-0.2, 0) is 0 Å². The van der Waals surface area contributed by atoms with Gasteiger partial charge in [0.05, 0.1) is 6.10 Å². The van der Waals surface area contributed by atoms with Gasteiger partial charge in [-0.2, -0.15) is 0 Å². The second-order valence-corrected chi connectivity index (χ2v) is 4.86. The predicted octanol–water partition coefficient (Wildman–Crippen LogP) is 2.64. The van der Waals surface area contributed by atoms with E-state index in [1.807, 2.05) is 32.9 Å². The van der Waals surface area contributed by atoms with Crippen molar-refractivity contribution in [2.45, 2.75) is 32.9 Å². The molecule has 0 saturated carbocycles. The Labute approximate surface area is 110 Å². The lowest BCUT2D eigenvalue weighted by molar-refractivity contribution is 0.242. The number of benzene rings is 1. The normalized spacial score (nSPS) is 12.5. The van der Waals surface area contributed by atoms with E-state index < -0.39 is 0 Å². The topological polar surface area (TPSA) is 47.3 Å². The molecule has 0 heterocycles. The molecule has 3 nitrogen and oxygen atoms in total. The van der Waals surface area contributed by atoms with Gasteiger partial charge in [0.25, 0.3) is 0 Å². The lowest BCUT2D eigenvalue weighted by Gasteiger charge is -2.18. The molecule has 1 unspecified atom stereocenters. The number of ether oxygens (including phenoxy) is 1. The third-order valence-corrected chi connectivity index (χ3v) is 2.54. The third kappa shape index (κ3) is 4.90. The molecule has 3 N–H and O–H groups in total. The number of hydrogen-bond donors (Lipinski definition) is 2. The van der Waals surface area contributed by atoms with E-state index >= 15 is 0 Å². The molecule has 1 rings (SSSR count). The molecule has 0 aliphatic heterocycles. The van der Waals surface area contributed by atoms with Crippen LogP contribution < -0.4 is 15.8 Å². The van der Waals surface area contributed by atoms with E-state index in [9.17, 15) is 0 Å². The summed E-state index contributed by atoms with van der Waals surface area (Å²) in [5, 5.41) is 3.38. The molecule has 0 aromatic heterocycles. The van der Waals surface area contributed by atoms with Crippen molar-refractivity contribution in [2.24, 2.45) is 5.73 Å². The monoisotopic (exact) mass is 248 g/mol. The highest BCUT2D eigenvalue weighted by Crippen LogP contribution is 2.18. The molecule has 1 atom stereocenters. The van der Waals surface area contributed by atoms with E-state index in [-0.39, 0.29) is 12.1 Å². The van der Waals surface area contributed by atoms with Crippen LogP contribution >= 0.6 is 0 Å². The summed E-state index contributed by atoms with van der Waals surface area (Å²) in [4.78, 5) is 0. The summed E-state index contributed by atoms with van der Waals surface area (Å²) >= 11 is 0. The smallest absolute Gasteiger partial charge is 0.119 e. The molecule has 0 amide bonds. The third-order valence-electron chi connectivity index (χ3n) is 2.54. The van der Waals surface area contributed by atoms with Gasteiger partial charge in [-0.15, -0.1) is 0 Å². The summed E-state index contributed by atoms with van der Waals surface area (Å²) in [5.74, 6) is 0.893. The Balaban J connectivity index is 2.66. The average Bonchev–Trinajstić information content (AvgIpc) is 2.31. The van der Waals surface area contributed by atoms with E-state index in [1.54, 1.807) is 0 Å². The van der Waals surface area contributed by atoms with E-state index in [0.717, 1.165) is 17.9 Å². The van der Waals surface area contributed by atoms with Crippen molar-refractivity contribution in [1.82, 2.24) is 5.32 Å². The maximum atomic E-state index is 5.79. The van der Waals surface area contributed by atoms with E-state index in [4.69, 9.17) is 10.5 Å². The Morgan fingerprint density at radius 2 is 1.94 bits per heavy atom. The second-order valence-electron chi connectivity index (χ2n) is 4.86. The zero-order valence-electron chi connectivity index (χ0n) is 11.6. The molecule has 0 spiro atoms. The number of nitrogens with one attached hydrogen (secondary N) is 1. The maximum absolute atomic E-state index is 5.79. The van der Waals surface area contributed by atoms with Crippen LogP contribution in [-0.4, -0.2) is 19.2 Å². The van der Waals surface area contributed by atoms with Gasteiger partial charge in [-0.3, -0.25) is 0 Å². The van der Waals surface area contributed by atoms with Crippen molar-refractivity contribution in [2.75, 3.05) is 13.1 Å². The van der Waals surface area contributed by atoms with E-state index in [0.29, 0.717) is 6.54 Å². The van der Waals surface area contributed by atoms with E-state index in [2.05, 4.69) is 24.0 Å². The summed E-state index contributed by atoms with van der Waals surface area (Å²) in [7, 11) is 0. The first-order valence-electron chi connectivity index (χ1n) is 6.37. The minimum absolute atomic E-state index is 0.162. The fourth-order valence-corrected chi connectivity index (χ4v) is 1.69. The number of nitrogens with two attached hydrogens (primary N) is 1. The zero-order chi connectivity index (χ0) is 13.5. The molecular weight excluding hydrogens is 224 g/mol. The largest absolute Gasteiger partial charge is 0.491 e. The molecule has 0 aliphatic rings. The summed E-state index contributed by atoms with van der Waals surface area (Å²) in [6, 6.07) is 8.25. The van der Waals surface area contributed by atoms with Crippen LogP contribution in [0.3, 0.4) is 0 Å². The molecule has 100 valence electrons. The standard InChI is InChI=1S/C15H24N2O/c1-11(2)10-17-15(9-16)13-5-7-14(8-6-13)18-12(3)4/h5-8,12,15,17H,1,9-10,16H2,2-4H3. The fourth-order valence-electron chi connectivity index (χ4n) is 1.69. The molecule has 0 saturated heterocycles. The van der Waals surface area contributed by atoms with Crippen LogP contribution in [0, 0.1) is 0 Å². The highest BCUT2D eigenvalue weighted by molar-refractivity contribution is 5.29. The first-order valence-corrected chi connectivity index (χ1v) is 6.37. The van der Waals surface area contributed by atoms with Gasteiger partial charge in [-0.05, 0) is 38.5 Å². The zero-order valence-corrected chi connectivity index (χ0v) is 11.6. The molecular formula is C15H24N2O. The predicted molar refractivity (Wildman–Crippen MR) is 76.8 cm³/mol. The van der Waals surface area contributed by atoms with Gasteiger partial charge < -0.3 is 15.8 Å². The van der Waals surface area contributed by atoms with Crippen molar-refractivity contribution in [3.05, 3.63) is 42.0 Å². The molecule has 0 radical (unpaired) electrons. The van der Waals surface area contributed by atoms with Crippen molar-refractivity contribution in [3.63, 3.8) is 0 Å². The van der Waals surface area contributed by atoms with Gasteiger partial charge in [0.2, 0.25) is 0 Å². The Hall–Kier alpha value is -1.32. The van der Waals surface area contributed by atoms with Gasteiger partial charge in [-0.1, -0.05) is 24.3 Å². The van der Waals surface area contributed by atoms with Crippen molar-refractivity contribution < 1.29 is 4.74 Å². The lowest BCUT2D eigenvalue weighted by atomic mass is 10.1. The first-order chi connectivity index (χ1) is 8.52. The molecule has 0 bridgehead atoms.